The molecule has 0 aliphatic carbocycles. The van der Waals surface area contributed by atoms with Crippen molar-refractivity contribution in [2.75, 3.05) is 38.2 Å². The van der Waals surface area contributed by atoms with E-state index in [4.69, 9.17) is 4.74 Å². The van der Waals surface area contributed by atoms with E-state index in [1.807, 2.05) is 0 Å². The van der Waals surface area contributed by atoms with Crippen molar-refractivity contribution in [2.24, 2.45) is 0 Å². The van der Waals surface area contributed by atoms with Crippen molar-refractivity contribution < 1.29 is 28.2 Å². The van der Waals surface area contributed by atoms with Crippen LogP contribution in [0.4, 0.5) is 14.9 Å². The molecule has 0 N–H and O–H groups in total. The number of esters is 1. The van der Waals surface area contributed by atoms with E-state index in [-0.39, 0.29) is 16.8 Å². The van der Waals surface area contributed by atoms with Gasteiger partial charge in [-0.2, -0.15) is 0 Å². The standard InChI is InChI=1S/C18H23FN2O5/c1-18(2,3)26-17(24)21-7-5-20(6-8-21)15-9-12(11-22)13(10-14(15)19)16(23)25-4/h9-11H,5-8H2,1-4H3. The highest BCUT2D eigenvalue weighted by Gasteiger charge is 2.27. The fourth-order valence-corrected chi connectivity index (χ4v) is 2.66. The summed E-state index contributed by atoms with van der Waals surface area (Å²) in [6, 6.07) is 2.34. The number of methoxy groups -OCH3 is 1. The lowest BCUT2D eigenvalue weighted by molar-refractivity contribution is 0.0240. The molecule has 142 valence electrons. The maximum atomic E-state index is 14.5. The molecule has 0 spiro atoms. The average Bonchev–Trinajstić information content (AvgIpc) is 2.59. The van der Waals surface area contributed by atoms with Gasteiger partial charge in [0.2, 0.25) is 0 Å². The van der Waals surface area contributed by atoms with Crippen LogP contribution in [0.5, 0.6) is 0 Å². The van der Waals surface area contributed by atoms with Gasteiger partial charge in [-0.15, -0.1) is 0 Å². The third-order valence-corrected chi connectivity index (χ3v) is 3.92. The van der Waals surface area contributed by atoms with Gasteiger partial charge in [-0.25, -0.2) is 14.0 Å². The van der Waals surface area contributed by atoms with Crippen LogP contribution in [0, 0.1) is 5.82 Å². The Morgan fingerprint density at radius 3 is 2.27 bits per heavy atom. The molecule has 1 aromatic carbocycles. The highest BCUT2D eigenvalue weighted by Crippen LogP contribution is 2.25. The number of aldehydes is 1. The molecule has 1 amide bonds. The summed E-state index contributed by atoms with van der Waals surface area (Å²) in [5.41, 5.74) is -0.425. The molecule has 1 saturated heterocycles. The third kappa shape index (κ3) is 4.50. The second-order valence-electron chi connectivity index (χ2n) is 6.95. The lowest BCUT2D eigenvalue weighted by Gasteiger charge is -2.37. The van der Waals surface area contributed by atoms with Gasteiger partial charge in [0.05, 0.1) is 18.4 Å². The van der Waals surface area contributed by atoms with Crippen LogP contribution >= 0.6 is 0 Å². The number of hydrogen-bond acceptors (Lipinski definition) is 6. The maximum absolute atomic E-state index is 14.5. The van der Waals surface area contributed by atoms with E-state index >= 15 is 0 Å². The first kappa shape index (κ1) is 19.7. The molecule has 0 unspecified atom stereocenters. The normalized spacial score (nSPS) is 14.8. The molecule has 0 bridgehead atoms. The van der Waals surface area contributed by atoms with Crippen LogP contribution in [0.25, 0.3) is 0 Å². The van der Waals surface area contributed by atoms with E-state index in [0.29, 0.717) is 32.5 Å². The molecule has 1 aliphatic rings. The van der Waals surface area contributed by atoms with Gasteiger partial charge in [-0.05, 0) is 32.9 Å². The number of ether oxygens (including phenoxy) is 2. The van der Waals surface area contributed by atoms with Crippen LogP contribution in [0.15, 0.2) is 12.1 Å². The number of rotatable bonds is 3. The Morgan fingerprint density at radius 1 is 1.15 bits per heavy atom. The zero-order valence-electron chi connectivity index (χ0n) is 15.4. The lowest BCUT2D eigenvalue weighted by Crippen LogP contribution is -2.50. The fourth-order valence-electron chi connectivity index (χ4n) is 2.66. The second kappa shape index (κ2) is 7.72. The van der Waals surface area contributed by atoms with Crippen molar-refractivity contribution in [1.82, 2.24) is 4.90 Å². The number of benzene rings is 1. The molecule has 1 aliphatic heterocycles. The first-order valence-corrected chi connectivity index (χ1v) is 8.26. The van der Waals surface area contributed by atoms with Crippen molar-refractivity contribution in [3.8, 4) is 0 Å². The number of nitrogens with zero attached hydrogens (tertiary/aromatic N) is 2. The summed E-state index contributed by atoms with van der Waals surface area (Å²) in [4.78, 5) is 38.3. The Kier molecular flexibility index (Phi) is 5.84. The number of hydrogen-bond donors (Lipinski definition) is 0. The van der Waals surface area contributed by atoms with E-state index in [1.54, 1.807) is 30.6 Å². The van der Waals surface area contributed by atoms with Crippen molar-refractivity contribution in [2.45, 2.75) is 26.4 Å². The zero-order chi connectivity index (χ0) is 19.5. The second-order valence-corrected chi connectivity index (χ2v) is 6.95. The SMILES string of the molecule is COC(=O)c1cc(F)c(N2CCN(C(=O)OC(C)(C)C)CC2)cc1C=O. The van der Waals surface area contributed by atoms with Gasteiger partial charge >= 0.3 is 12.1 Å². The Morgan fingerprint density at radius 2 is 1.77 bits per heavy atom. The first-order valence-electron chi connectivity index (χ1n) is 8.26. The summed E-state index contributed by atoms with van der Waals surface area (Å²) in [5.74, 6) is -1.39. The molecular weight excluding hydrogens is 343 g/mol. The van der Waals surface area contributed by atoms with Gasteiger partial charge < -0.3 is 19.3 Å². The third-order valence-electron chi connectivity index (χ3n) is 3.92. The summed E-state index contributed by atoms with van der Waals surface area (Å²) in [6.45, 7) is 6.87. The fraction of sp³-hybridized carbons (Fsp3) is 0.500. The Balaban J connectivity index is 2.13. The van der Waals surface area contributed by atoms with Crippen molar-refractivity contribution in [3.63, 3.8) is 0 Å². The zero-order valence-corrected chi connectivity index (χ0v) is 15.4. The number of halogens is 1. The molecule has 0 radical (unpaired) electrons. The molecule has 0 aromatic heterocycles. The number of carbonyl (C=O) groups is 3. The van der Waals surface area contributed by atoms with Gasteiger partial charge in [-0.1, -0.05) is 0 Å². The average molecular weight is 366 g/mol. The molecule has 1 aromatic rings. The lowest BCUT2D eigenvalue weighted by atomic mass is 10.1. The number of piperazine rings is 1. The van der Waals surface area contributed by atoms with E-state index < -0.39 is 23.5 Å². The van der Waals surface area contributed by atoms with Crippen LogP contribution in [0.1, 0.15) is 41.5 Å². The molecular formula is C18H23FN2O5. The van der Waals surface area contributed by atoms with Crippen LogP contribution in [0.2, 0.25) is 0 Å². The molecule has 7 nitrogen and oxygen atoms in total. The smallest absolute Gasteiger partial charge is 0.410 e. The minimum atomic E-state index is -0.771. The highest BCUT2D eigenvalue weighted by molar-refractivity contribution is 5.99. The summed E-state index contributed by atoms with van der Waals surface area (Å²) in [6.07, 6.45) is 0.0822. The molecule has 0 atom stereocenters. The molecule has 8 heteroatoms. The Labute approximate surface area is 151 Å². The predicted octanol–water partition coefficient (Wildman–Crippen LogP) is 2.48. The van der Waals surface area contributed by atoms with E-state index in [0.717, 1.165) is 6.07 Å². The summed E-state index contributed by atoms with van der Waals surface area (Å²) in [7, 11) is 1.17. The van der Waals surface area contributed by atoms with E-state index in [9.17, 15) is 18.8 Å². The van der Waals surface area contributed by atoms with Crippen LogP contribution in [-0.4, -0.2) is 62.1 Å². The Hall–Kier alpha value is -2.64. The van der Waals surface area contributed by atoms with Crippen LogP contribution < -0.4 is 4.90 Å². The monoisotopic (exact) mass is 366 g/mol. The van der Waals surface area contributed by atoms with Gasteiger partial charge in [0.1, 0.15) is 11.4 Å². The maximum Gasteiger partial charge on any atom is 0.410 e. The largest absolute Gasteiger partial charge is 0.465 e. The van der Waals surface area contributed by atoms with Crippen molar-refractivity contribution in [3.05, 3.63) is 29.1 Å². The van der Waals surface area contributed by atoms with E-state index in [2.05, 4.69) is 4.74 Å². The molecule has 1 heterocycles. The minimum Gasteiger partial charge on any atom is -0.465 e. The summed E-state index contributed by atoms with van der Waals surface area (Å²) < 4.78 is 24.3. The summed E-state index contributed by atoms with van der Waals surface area (Å²) in [5, 5.41) is 0. The van der Waals surface area contributed by atoms with Gasteiger partial charge in [-0.3, -0.25) is 4.79 Å². The van der Waals surface area contributed by atoms with Gasteiger partial charge in [0.25, 0.3) is 0 Å². The number of carbonyl (C=O) groups excluding carboxylic acids is 3. The van der Waals surface area contributed by atoms with Crippen molar-refractivity contribution >= 4 is 24.0 Å². The van der Waals surface area contributed by atoms with Crippen molar-refractivity contribution in [1.29, 1.82) is 0 Å². The van der Waals surface area contributed by atoms with Crippen LogP contribution in [0.3, 0.4) is 0 Å². The Bertz CT molecular complexity index is 706. The number of anilines is 1. The topological polar surface area (TPSA) is 76.2 Å². The molecule has 2 rings (SSSR count). The minimum absolute atomic E-state index is 0.0582. The molecule has 26 heavy (non-hydrogen) atoms. The van der Waals surface area contributed by atoms with Gasteiger partial charge in [0.15, 0.2) is 6.29 Å². The molecule has 1 fully saturated rings. The van der Waals surface area contributed by atoms with Gasteiger partial charge in [0, 0.05) is 31.7 Å². The molecule has 0 saturated carbocycles. The quantitative estimate of drug-likeness (QED) is 0.604. The highest BCUT2D eigenvalue weighted by atomic mass is 19.1. The predicted molar refractivity (Wildman–Crippen MR) is 93.1 cm³/mol. The van der Waals surface area contributed by atoms with Crippen LogP contribution in [-0.2, 0) is 9.47 Å². The number of amides is 1. The summed E-state index contributed by atoms with van der Waals surface area (Å²) >= 11 is 0. The first-order chi connectivity index (χ1) is 12.2. The van der Waals surface area contributed by atoms with E-state index in [1.165, 1.54) is 13.2 Å².